The number of aromatic nitrogens is 1. The normalized spacial score (nSPS) is 18.9. The molecule has 1 aromatic heterocycles. The van der Waals surface area contributed by atoms with Crippen LogP contribution in [0.2, 0.25) is 0 Å². The van der Waals surface area contributed by atoms with Crippen molar-refractivity contribution < 1.29 is 5.11 Å². The number of amidine groups is 1. The molecule has 0 radical (unpaired) electrons. The summed E-state index contributed by atoms with van der Waals surface area (Å²) in [6.45, 7) is 6.83. The van der Waals surface area contributed by atoms with Gasteiger partial charge in [-0.3, -0.25) is 0 Å². The zero-order chi connectivity index (χ0) is 22.1. The first-order valence-corrected chi connectivity index (χ1v) is 12.1. The largest absolute Gasteiger partial charge is 0.388 e. The van der Waals surface area contributed by atoms with Crippen molar-refractivity contribution in [3.05, 3.63) is 70.9 Å². The van der Waals surface area contributed by atoms with Gasteiger partial charge in [-0.1, -0.05) is 56.3 Å². The van der Waals surface area contributed by atoms with E-state index in [4.69, 9.17) is 9.98 Å². The second-order valence-electron chi connectivity index (χ2n) is 8.72. The molecule has 5 rings (SSSR count). The number of rotatable bonds is 4. The zero-order valence-electron chi connectivity index (χ0n) is 18.5. The minimum atomic E-state index is -0.491. The molecule has 3 N–H and O–H groups in total. The number of nitrogens with zero attached hydrogens (tertiary/aromatic N) is 3. The summed E-state index contributed by atoms with van der Waals surface area (Å²) < 4.78 is 0. The van der Waals surface area contributed by atoms with Gasteiger partial charge in [-0.05, 0) is 24.1 Å². The molecule has 32 heavy (non-hydrogen) atoms. The first kappa shape index (κ1) is 21.1. The number of aliphatic hydroxyl groups excluding tert-OH is 1. The van der Waals surface area contributed by atoms with Crippen molar-refractivity contribution in [2.24, 2.45) is 4.99 Å². The minimum Gasteiger partial charge on any atom is -0.388 e. The molecule has 0 aliphatic carbocycles. The number of para-hydroxylation sites is 2. The summed E-state index contributed by atoms with van der Waals surface area (Å²) in [5.41, 5.74) is 3.82. The first-order valence-electron chi connectivity index (χ1n) is 11.3. The Bertz CT molecular complexity index is 1110. The van der Waals surface area contributed by atoms with Crippen molar-refractivity contribution in [1.29, 1.82) is 0 Å². The highest BCUT2D eigenvalue weighted by atomic mass is 32.1. The van der Waals surface area contributed by atoms with Crippen molar-refractivity contribution >= 4 is 33.5 Å². The predicted octanol–water partition coefficient (Wildman–Crippen LogP) is 4.80. The molecule has 0 amide bonds. The van der Waals surface area contributed by atoms with Crippen molar-refractivity contribution in [2.45, 2.75) is 38.3 Å². The van der Waals surface area contributed by atoms with E-state index in [-0.39, 0.29) is 6.04 Å². The highest BCUT2D eigenvalue weighted by Crippen LogP contribution is 2.39. The molecule has 166 valence electrons. The van der Waals surface area contributed by atoms with E-state index < -0.39 is 6.10 Å². The Balaban J connectivity index is 1.44. The van der Waals surface area contributed by atoms with Crippen LogP contribution in [0.25, 0.3) is 0 Å². The highest BCUT2D eigenvalue weighted by molar-refractivity contribution is 7.16. The molecule has 3 heterocycles. The van der Waals surface area contributed by atoms with E-state index in [1.165, 1.54) is 0 Å². The van der Waals surface area contributed by atoms with Crippen LogP contribution in [0.1, 0.15) is 48.6 Å². The van der Waals surface area contributed by atoms with Gasteiger partial charge in [0.1, 0.15) is 10.7 Å². The van der Waals surface area contributed by atoms with Crippen LogP contribution in [0.15, 0.2) is 59.6 Å². The lowest BCUT2D eigenvalue weighted by molar-refractivity contribution is 0.136. The molecule has 2 aromatic carbocycles. The van der Waals surface area contributed by atoms with Gasteiger partial charge < -0.3 is 20.6 Å². The summed E-state index contributed by atoms with van der Waals surface area (Å²) in [6, 6.07) is 18.2. The third-order valence-electron chi connectivity index (χ3n) is 5.98. The number of nitrogens with one attached hydrogen (secondary N) is 2. The molecule has 1 fully saturated rings. The molecule has 2 atom stereocenters. The number of piperazine rings is 1. The Hall–Kier alpha value is -2.74. The molecular formula is C25H29N5OS. The van der Waals surface area contributed by atoms with Crippen LogP contribution in [-0.4, -0.2) is 46.5 Å². The lowest BCUT2D eigenvalue weighted by Crippen LogP contribution is -2.53. The van der Waals surface area contributed by atoms with E-state index in [0.717, 1.165) is 58.1 Å². The van der Waals surface area contributed by atoms with Crippen LogP contribution in [0.3, 0.4) is 0 Å². The van der Waals surface area contributed by atoms with Crippen LogP contribution in [0, 0.1) is 0 Å². The Kier molecular flexibility index (Phi) is 5.95. The molecule has 1 saturated heterocycles. The number of fused-ring (bicyclic) bond motifs is 2. The van der Waals surface area contributed by atoms with E-state index >= 15 is 0 Å². The average molecular weight is 448 g/mol. The van der Waals surface area contributed by atoms with E-state index in [0.29, 0.717) is 12.3 Å². The molecule has 7 heteroatoms. The quantitative estimate of drug-likeness (QED) is 0.536. The SMILES string of the molecule is CC(C)c1nc2c(s1)Nc1ccccc1N=C2N1CCN[C@@H](C[C@H](O)c2ccccc2)C1. The Labute approximate surface area is 193 Å². The fourth-order valence-electron chi connectivity index (χ4n) is 4.26. The van der Waals surface area contributed by atoms with E-state index in [1.807, 2.05) is 48.5 Å². The van der Waals surface area contributed by atoms with Gasteiger partial charge in [0.2, 0.25) is 0 Å². The highest BCUT2D eigenvalue weighted by Gasteiger charge is 2.30. The topological polar surface area (TPSA) is 72.8 Å². The zero-order valence-corrected chi connectivity index (χ0v) is 19.3. The fourth-order valence-corrected chi connectivity index (χ4v) is 5.24. The molecule has 2 aliphatic heterocycles. The molecule has 0 unspecified atom stereocenters. The minimum absolute atomic E-state index is 0.166. The molecule has 3 aromatic rings. The smallest absolute Gasteiger partial charge is 0.158 e. The van der Waals surface area contributed by atoms with Gasteiger partial charge in [-0.2, -0.15) is 0 Å². The standard InChI is InChI=1S/C25H29N5OS/c1-16(2)24-29-22-23(27-19-10-6-7-11-20(19)28-25(22)32-24)30-13-12-26-18(15-30)14-21(31)17-8-4-3-5-9-17/h3-11,16,18,21,26,28,31H,12-15H2,1-2H3/t18-,21-/m0/s1. The van der Waals surface area contributed by atoms with Crippen LogP contribution >= 0.6 is 11.3 Å². The monoisotopic (exact) mass is 447 g/mol. The predicted molar refractivity (Wildman–Crippen MR) is 132 cm³/mol. The summed E-state index contributed by atoms with van der Waals surface area (Å²) in [7, 11) is 0. The van der Waals surface area contributed by atoms with Crippen LogP contribution in [0.4, 0.5) is 16.4 Å². The van der Waals surface area contributed by atoms with Gasteiger partial charge in [-0.25, -0.2) is 9.98 Å². The van der Waals surface area contributed by atoms with Crippen molar-refractivity contribution in [1.82, 2.24) is 15.2 Å². The number of anilines is 2. The van der Waals surface area contributed by atoms with Crippen LogP contribution in [-0.2, 0) is 0 Å². The van der Waals surface area contributed by atoms with Gasteiger partial charge >= 0.3 is 0 Å². The van der Waals surface area contributed by atoms with E-state index in [9.17, 15) is 5.11 Å². The maximum Gasteiger partial charge on any atom is 0.158 e. The molecule has 0 spiro atoms. The maximum atomic E-state index is 10.8. The number of hydrogen-bond donors (Lipinski definition) is 3. The molecule has 6 nitrogen and oxygen atoms in total. The molecule has 2 aliphatic rings. The number of hydrogen-bond acceptors (Lipinski definition) is 7. The van der Waals surface area contributed by atoms with Crippen LogP contribution in [0.5, 0.6) is 0 Å². The number of aliphatic imine (C=N–C) groups is 1. The summed E-state index contributed by atoms with van der Waals surface area (Å²) in [4.78, 5) is 12.4. The van der Waals surface area contributed by atoms with Crippen molar-refractivity contribution in [2.75, 3.05) is 25.0 Å². The Morgan fingerprint density at radius 1 is 1.12 bits per heavy atom. The summed E-state index contributed by atoms with van der Waals surface area (Å²) in [5.74, 6) is 1.28. The lowest BCUT2D eigenvalue weighted by Gasteiger charge is -2.36. The van der Waals surface area contributed by atoms with Gasteiger partial charge in [-0.15, -0.1) is 11.3 Å². The summed E-state index contributed by atoms with van der Waals surface area (Å²) in [5, 5.41) is 20.1. The summed E-state index contributed by atoms with van der Waals surface area (Å²) >= 11 is 1.71. The third kappa shape index (κ3) is 4.28. The Morgan fingerprint density at radius 3 is 2.72 bits per heavy atom. The van der Waals surface area contributed by atoms with Gasteiger partial charge in [0, 0.05) is 31.6 Å². The van der Waals surface area contributed by atoms with Crippen molar-refractivity contribution in [3.63, 3.8) is 0 Å². The molecule has 0 bridgehead atoms. The first-order chi connectivity index (χ1) is 15.6. The number of thiazole rings is 1. The van der Waals surface area contributed by atoms with E-state index in [2.05, 4.69) is 35.4 Å². The van der Waals surface area contributed by atoms with Crippen molar-refractivity contribution in [3.8, 4) is 0 Å². The van der Waals surface area contributed by atoms with Crippen LogP contribution < -0.4 is 10.6 Å². The second-order valence-corrected chi connectivity index (χ2v) is 9.75. The fraction of sp³-hybridized carbons (Fsp3) is 0.360. The summed E-state index contributed by atoms with van der Waals surface area (Å²) in [6.07, 6.45) is 0.165. The molecular weight excluding hydrogens is 418 g/mol. The lowest BCUT2D eigenvalue weighted by atomic mass is 10.0. The second kappa shape index (κ2) is 9.02. The maximum absolute atomic E-state index is 10.8. The Morgan fingerprint density at radius 2 is 1.91 bits per heavy atom. The van der Waals surface area contributed by atoms with Gasteiger partial charge in [0.05, 0.1) is 22.5 Å². The number of aliphatic hydroxyl groups is 1. The average Bonchev–Trinajstić information content (AvgIpc) is 3.16. The third-order valence-corrected chi connectivity index (χ3v) is 7.25. The van der Waals surface area contributed by atoms with E-state index in [1.54, 1.807) is 11.3 Å². The van der Waals surface area contributed by atoms with Gasteiger partial charge in [0.25, 0.3) is 0 Å². The molecule has 0 saturated carbocycles. The number of benzene rings is 2. The van der Waals surface area contributed by atoms with Gasteiger partial charge in [0.15, 0.2) is 5.84 Å².